The number of hydrogen-bond donors (Lipinski definition) is 1. The molecule has 2 N–H and O–H groups in total. The predicted octanol–water partition coefficient (Wildman–Crippen LogP) is 1.24. The summed E-state index contributed by atoms with van der Waals surface area (Å²) >= 11 is 0. The Morgan fingerprint density at radius 3 is 2.31 bits per heavy atom. The van der Waals surface area contributed by atoms with Crippen molar-refractivity contribution in [3.8, 4) is 5.75 Å². The minimum absolute atomic E-state index is 0.0166. The Morgan fingerprint density at radius 1 is 1.25 bits per heavy atom. The van der Waals surface area contributed by atoms with E-state index in [0.717, 1.165) is 0 Å². The first kappa shape index (κ1) is 12.9. The van der Waals surface area contributed by atoms with Crippen molar-refractivity contribution in [1.29, 1.82) is 0 Å². The summed E-state index contributed by atoms with van der Waals surface area (Å²) in [6.07, 6.45) is 0. The summed E-state index contributed by atoms with van der Waals surface area (Å²) in [5, 5.41) is 0. The number of hydrogen-bond acceptors (Lipinski definition) is 4. The summed E-state index contributed by atoms with van der Waals surface area (Å²) in [6.45, 7) is -0.0166. The number of nitrogens with two attached hydrogens (primary N) is 1. The van der Waals surface area contributed by atoms with E-state index < -0.39 is 11.6 Å². The highest BCUT2D eigenvalue weighted by atomic mass is 19.1. The van der Waals surface area contributed by atoms with Crippen LogP contribution in [0.15, 0.2) is 18.2 Å². The van der Waals surface area contributed by atoms with Gasteiger partial charge in [0.2, 0.25) is 5.79 Å². The quantitative estimate of drug-likeness (QED) is 0.772. The summed E-state index contributed by atoms with van der Waals surface area (Å²) in [6, 6.07) is 4.48. The van der Waals surface area contributed by atoms with Crippen LogP contribution in [-0.4, -0.2) is 27.9 Å². The van der Waals surface area contributed by atoms with E-state index >= 15 is 0 Å². The minimum Gasteiger partial charge on any atom is -0.496 e. The molecule has 0 aromatic heterocycles. The third-order valence-corrected chi connectivity index (χ3v) is 2.50. The van der Waals surface area contributed by atoms with Crippen LogP contribution in [0.5, 0.6) is 5.75 Å². The zero-order valence-corrected chi connectivity index (χ0v) is 9.62. The lowest BCUT2D eigenvalue weighted by molar-refractivity contribution is -0.210. The topological polar surface area (TPSA) is 53.7 Å². The van der Waals surface area contributed by atoms with Crippen molar-refractivity contribution in [2.75, 3.05) is 27.9 Å². The second-order valence-corrected chi connectivity index (χ2v) is 3.18. The molecule has 0 spiro atoms. The lowest BCUT2D eigenvalue weighted by Crippen LogP contribution is -2.40. The molecule has 90 valence electrons. The zero-order chi connectivity index (χ0) is 12.2. The van der Waals surface area contributed by atoms with Gasteiger partial charge < -0.3 is 19.9 Å². The van der Waals surface area contributed by atoms with Gasteiger partial charge in [0.05, 0.1) is 19.2 Å². The zero-order valence-electron chi connectivity index (χ0n) is 9.62. The van der Waals surface area contributed by atoms with Crippen LogP contribution in [0.2, 0.25) is 0 Å². The van der Waals surface area contributed by atoms with Gasteiger partial charge >= 0.3 is 0 Å². The van der Waals surface area contributed by atoms with Gasteiger partial charge in [-0.25, -0.2) is 4.39 Å². The second kappa shape index (κ2) is 5.25. The Bertz CT molecular complexity index is 345. The molecular formula is C11H16FNO3. The van der Waals surface area contributed by atoms with Crippen LogP contribution >= 0.6 is 0 Å². The molecule has 0 heterocycles. The molecule has 0 aliphatic heterocycles. The van der Waals surface area contributed by atoms with Crippen molar-refractivity contribution in [3.63, 3.8) is 0 Å². The standard InChI is InChI=1S/C11H16FNO3/c1-14-9-6-4-5-8(12)10(9)11(7-13,15-2)16-3/h4-6H,7,13H2,1-3H3. The highest BCUT2D eigenvalue weighted by Crippen LogP contribution is 2.34. The van der Waals surface area contributed by atoms with Gasteiger partial charge in [-0.05, 0) is 12.1 Å². The van der Waals surface area contributed by atoms with Crippen LogP contribution < -0.4 is 10.5 Å². The van der Waals surface area contributed by atoms with E-state index in [1.165, 1.54) is 27.4 Å². The first-order valence-corrected chi connectivity index (χ1v) is 4.78. The van der Waals surface area contributed by atoms with Gasteiger partial charge in [0.15, 0.2) is 0 Å². The fraction of sp³-hybridized carbons (Fsp3) is 0.455. The molecule has 0 atom stereocenters. The molecule has 0 fully saturated rings. The molecular weight excluding hydrogens is 213 g/mol. The Balaban J connectivity index is 3.38. The number of halogens is 1. The highest BCUT2D eigenvalue weighted by Gasteiger charge is 2.36. The van der Waals surface area contributed by atoms with Crippen molar-refractivity contribution in [3.05, 3.63) is 29.6 Å². The van der Waals surface area contributed by atoms with E-state index in [-0.39, 0.29) is 12.1 Å². The molecule has 0 aliphatic rings. The second-order valence-electron chi connectivity index (χ2n) is 3.18. The van der Waals surface area contributed by atoms with Crippen LogP contribution in [0.4, 0.5) is 4.39 Å². The van der Waals surface area contributed by atoms with Crippen molar-refractivity contribution in [2.24, 2.45) is 5.73 Å². The summed E-state index contributed by atoms with van der Waals surface area (Å²) < 4.78 is 29.2. The first-order chi connectivity index (χ1) is 7.65. The molecule has 0 bridgehead atoms. The molecule has 1 aromatic carbocycles. The van der Waals surface area contributed by atoms with Gasteiger partial charge in [0.1, 0.15) is 11.6 Å². The van der Waals surface area contributed by atoms with Gasteiger partial charge in [-0.1, -0.05) is 6.07 Å². The monoisotopic (exact) mass is 229 g/mol. The molecule has 0 saturated heterocycles. The number of ether oxygens (including phenoxy) is 3. The van der Waals surface area contributed by atoms with E-state index in [4.69, 9.17) is 19.9 Å². The highest BCUT2D eigenvalue weighted by molar-refractivity contribution is 5.38. The average molecular weight is 229 g/mol. The smallest absolute Gasteiger partial charge is 0.213 e. The van der Waals surface area contributed by atoms with E-state index in [2.05, 4.69) is 0 Å². The number of methoxy groups -OCH3 is 3. The molecule has 1 rings (SSSR count). The molecule has 1 aromatic rings. The molecule has 0 aliphatic carbocycles. The van der Waals surface area contributed by atoms with Crippen molar-refractivity contribution < 1.29 is 18.6 Å². The van der Waals surface area contributed by atoms with Gasteiger partial charge in [-0.2, -0.15) is 0 Å². The van der Waals surface area contributed by atoms with Crippen molar-refractivity contribution in [1.82, 2.24) is 0 Å². The van der Waals surface area contributed by atoms with Crippen LogP contribution in [0.1, 0.15) is 5.56 Å². The molecule has 5 heteroatoms. The first-order valence-electron chi connectivity index (χ1n) is 4.78. The van der Waals surface area contributed by atoms with Crippen LogP contribution in [0.3, 0.4) is 0 Å². The normalized spacial score (nSPS) is 11.6. The number of benzene rings is 1. The molecule has 0 radical (unpaired) electrons. The third kappa shape index (κ3) is 2.02. The van der Waals surface area contributed by atoms with Crippen LogP contribution in [-0.2, 0) is 15.3 Å². The Hall–Kier alpha value is -1.17. The lowest BCUT2D eigenvalue weighted by Gasteiger charge is -2.31. The lowest BCUT2D eigenvalue weighted by atomic mass is 10.0. The Labute approximate surface area is 94.1 Å². The molecule has 0 saturated carbocycles. The predicted molar refractivity (Wildman–Crippen MR) is 57.7 cm³/mol. The molecule has 0 unspecified atom stereocenters. The molecule has 16 heavy (non-hydrogen) atoms. The molecule has 0 amide bonds. The summed E-state index contributed by atoms with van der Waals surface area (Å²) in [4.78, 5) is 0. The maximum atomic E-state index is 13.8. The van der Waals surface area contributed by atoms with E-state index in [0.29, 0.717) is 5.75 Å². The SMILES string of the molecule is COc1cccc(F)c1C(CN)(OC)OC. The van der Waals surface area contributed by atoms with E-state index in [1.54, 1.807) is 12.1 Å². The van der Waals surface area contributed by atoms with Crippen LogP contribution in [0, 0.1) is 5.82 Å². The van der Waals surface area contributed by atoms with Crippen molar-refractivity contribution >= 4 is 0 Å². The number of rotatable bonds is 5. The maximum Gasteiger partial charge on any atom is 0.213 e. The van der Waals surface area contributed by atoms with Crippen molar-refractivity contribution in [2.45, 2.75) is 5.79 Å². The van der Waals surface area contributed by atoms with Gasteiger partial charge in [0, 0.05) is 14.2 Å². The third-order valence-electron chi connectivity index (χ3n) is 2.50. The Morgan fingerprint density at radius 2 is 1.88 bits per heavy atom. The largest absolute Gasteiger partial charge is 0.496 e. The van der Waals surface area contributed by atoms with Gasteiger partial charge in [-0.15, -0.1) is 0 Å². The van der Waals surface area contributed by atoms with Crippen LogP contribution in [0.25, 0.3) is 0 Å². The summed E-state index contributed by atoms with van der Waals surface area (Å²) in [7, 11) is 4.26. The van der Waals surface area contributed by atoms with Gasteiger partial charge in [0.25, 0.3) is 0 Å². The van der Waals surface area contributed by atoms with E-state index in [9.17, 15) is 4.39 Å². The fourth-order valence-electron chi connectivity index (χ4n) is 1.60. The average Bonchev–Trinajstić information content (AvgIpc) is 2.33. The summed E-state index contributed by atoms with van der Waals surface area (Å²) in [5.74, 6) is -1.46. The molecule has 4 nitrogen and oxygen atoms in total. The Kier molecular flexibility index (Phi) is 4.23. The summed E-state index contributed by atoms with van der Waals surface area (Å²) in [5.41, 5.74) is 5.75. The van der Waals surface area contributed by atoms with Gasteiger partial charge in [-0.3, -0.25) is 0 Å². The minimum atomic E-state index is -1.32. The fourth-order valence-corrected chi connectivity index (χ4v) is 1.60. The maximum absolute atomic E-state index is 13.8. The van der Waals surface area contributed by atoms with E-state index in [1.807, 2.05) is 0 Å².